The van der Waals surface area contributed by atoms with E-state index in [1.54, 1.807) is 11.3 Å². The van der Waals surface area contributed by atoms with E-state index in [1.807, 2.05) is 30.3 Å². The minimum Gasteiger partial charge on any atom is -0.389 e. The molecule has 0 aliphatic rings. The Kier molecular flexibility index (Phi) is 4.58. The third-order valence-corrected chi connectivity index (χ3v) is 4.03. The van der Waals surface area contributed by atoms with E-state index in [9.17, 15) is 0 Å². The number of thiocarbonyl (C=S) groups is 1. The van der Waals surface area contributed by atoms with Gasteiger partial charge in [-0.1, -0.05) is 23.8 Å². The molecule has 0 bridgehead atoms. The Labute approximate surface area is 121 Å². The van der Waals surface area contributed by atoms with Crippen LogP contribution in [0.3, 0.4) is 0 Å². The van der Waals surface area contributed by atoms with Crippen LogP contribution in [0.4, 0.5) is 5.69 Å². The maximum atomic E-state index is 5.88. The summed E-state index contributed by atoms with van der Waals surface area (Å²) >= 11 is 12.4. The van der Waals surface area contributed by atoms with E-state index in [2.05, 4.69) is 11.4 Å². The molecule has 2 aromatic rings. The Morgan fingerprint density at radius 1 is 1.22 bits per heavy atom. The summed E-state index contributed by atoms with van der Waals surface area (Å²) in [5.74, 6) is 0. The molecule has 0 spiro atoms. The zero-order valence-corrected chi connectivity index (χ0v) is 12.0. The van der Waals surface area contributed by atoms with Crippen LogP contribution in [0.5, 0.6) is 0 Å². The first kappa shape index (κ1) is 13.3. The second-order valence-corrected chi connectivity index (χ2v) is 6.06. The third-order valence-electron chi connectivity index (χ3n) is 2.50. The predicted molar refractivity (Wildman–Crippen MR) is 83.9 cm³/mol. The van der Waals surface area contributed by atoms with Crippen molar-refractivity contribution in [3.8, 4) is 0 Å². The minimum absolute atomic E-state index is 0.426. The van der Waals surface area contributed by atoms with Crippen molar-refractivity contribution in [1.29, 1.82) is 0 Å². The molecule has 0 fully saturated rings. The van der Waals surface area contributed by atoms with Crippen LogP contribution in [-0.2, 0) is 6.42 Å². The number of nitrogens with one attached hydrogen (secondary N) is 1. The normalized spacial score (nSPS) is 10.3. The summed E-state index contributed by atoms with van der Waals surface area (Å²) in [6.07, 6.45) is 0.967. The Morgan fingerprint density at radius 2 is 1.94 bits per heavy atom. The summed E-state index contributed by atoms with van der Waals surface area (Å²) < 4.78 is 0.839. The van der Waals surface area contributed by atoms with Gasteiger partial charge in [-0.05, 0) is 42.8 Å². The maximum Gasteiger partial charge on any atom is 0.103 e. The molecule has 1 aromatic heterocycles. The van der Waals surface area contributed by atoms with Gasteiger partial charge in [0.25, 0.3) is 0 Å². The van der Waals surface area contributed by atoms with Gasteiger partial charge in [-0.25, -0.2) is 0 Å². The lowest BCUT2D eigenvalue weighted by Crippen LogP contribution is -2.09. The van der Waals surface area contributed by atoms with Gasteiger partial charge in [-0.2, -0.15) is 0 Å². The molecular formula is C13H13ClN2S2. The fourth-order valence-corrected chi connectivity index (χ4v) is 2.79. The highest BCUT2D eigenvalue weighted by Crippen LogP contribution is 2.21. The highest BCUT2D eigenvalue weighted by Gasteiger charge is 1.99. The van der Waals surface area contributed by atoms with Gasteiger partial charge in [-0.3, -0.25) is 0 Å². The second-order valence-electron chi connectivity index (χ2n) is 3.82. The van der Waals surface area contributed by atoms with Crippen molar-refractivity contribution in [2.75, 3.05) is 11.9 Å². The molecule has 0 saturated heterocycles. The Hall–Kier alpha value is -1.10. The van der Waals surface area contributed by atoms with E-state index >= 15 is 0 Å². The molecule has 0 amide bonds. The summed E-state index contributed by atoms with van der Waals surface area (Å²) in [6.45, 7) is 0.878. The number of hydrogen-bond donors (Lipinski definition) is 2. The lowest BCUT2D eigenvalue weighted by Gasteiger charge is -2.06. The van der Waals surface area contributed by atoms with Crippen LogP contribution in [-0.4, -0.2) is 11.5 Å². The Morgan fingerprint density at radius 3 is 2.50 bits per heavy atom. The first-order valence-corrected chi connectivity index (χ1v) is 7.13. The Bertz CT molecular complexity index is 534. The molecule has 94 valence electrons. The van der Waals surface area contributed by atoms with Crippen molar-refractivity contribution in [1.82, 2.24) is 0 Å². The van der Waals surface area contributed by atoms with Gasteiger partial charge < -0.3 is 11.1 Å². The zero-order valence-electron chi connectivity index (χ0n) is 9.65. The molecule has 0 atom stereocenters. The van der Waals surface area contributed by atoms with Gasteiger partial charge in [0.15, 0.2) is 0 Å². The molecule has 18 heavy (non-hydrogen) atoms. The van der Waals surface area contributed by atoms with Crippen molar-refractivity contribution in [2.45, 2.75) is 6.42 Å². The van der Waals surface area contributed by atoms with Crippen LogP contribution in [0.2, 0.25) is 4.34 Å². The minimum atomic E-state index is 0.426. The van der Waals surface area contributed by atoms with E-state index in [0.29, 0.717) is 4.99 Å². The van der Waals surface area contributed by atoms with Crippen LogP contribution in [0.15, 0.2) is 36.4 Å². The number of hydrogen-bond acceptors (Lipinski definition) is 3. The van der Waals surface area contributed by atoms with Crippen molar-refractivity contribution in [2.24, 2.45) is 5.73 Å². The smallest absolute Gasteiger partial charge is 0.103 e. The van der Waals surface area contributed by atoms with Gasteiger partial charge in [0.1, 0.15) is 4.99 Å². The number of thiophene rings is 1. The summed E-state index contributed by atoms with van der Waals surface area (Å²) in [6, 6.07) is 11.8. The average Bonchev–Trinajstić information content (AvgIpc) is 2.76. The highest BCUT2D eigenvalue weighted by atomic mass is 35.5. The first-order chi connectivity index (χ1) is 8.65. The van der Waals surface area contributed by atoms with Crippen molar-refractivity contribution < 1.29 is 0 Å². The molecule has 0 radical (unpaired) electrons. The van der Waals surface area contributed by atoms with Crippen LogP contribution in [0.1, 0.15) is 10.4 Å². The van der Waals surface area contributed by atoms with Crippen LogP contribution >= 0.6 is 35.2 Å². The highest BCUT2D eigenvalue weighted by molar-refractivity contribution is 7.80. The van der Waals surface area contributed by atoms with Gasteiger partial charge in [-0.15, -0.1) is 11.3 Å². The van der Waals surface area contributed by atoms with Gasteiger partial charge in [0, 0.05) is 22.7 Å². The molecule has 2 nitrogen and oxygen atoms in total. The van der Waals surface area contributed by atoms with Crippen LogP contribution in [0, 0.1) is 0 Å². The molecule has 3 N–H and O–H groups in total. The summed E-state index contributed by atoms with van der Waals surface area (Å²) in [5.41, 5.74) is 7.50. The average molecular weight is 297 g/mol. The fourth-order valence-electron chi connectivity index (χ4n) is 1.57. The first-order valence-electron chi connectivity index (χ1n) is 5.53. The lowest BCUT2D eigenvalue weighted by atomic mass is 10.2. The molecule has 0 saturated carbocycles. The lowest BCUT2D eigenvalue weighted by molar-refractivity contribution is 1.04. The molecule has 0 aliphatic heterocycles. The van der Waals surface area contributed by atoms with E-state index < -0.39 is 0 Å². The summed E-state index contributed by atoms with van der Waals surface area (Å²) in [5, 5.41) is 3.35. The quantitative estimate of drug-likeness (QED) is 0.827. The van der Waals surface area contributed by atoms with E-state index in [4.69, 9.17) is 29.6 Å². The zero-order chi connectivity index (χ0) is 13.0. The SMILES string of the molecule is NC(=S)c1ccc(NCCc2ccc(Cl)s2)cc1. The summed E-state index contributed by atoms with van der Waals surface area (Å²) in [7, 11) is 0. The number of rotatable bonds is 5. The number of halogens is 1. The summed E-state index contributed by atoms with van der Waals surface area (Å²) in [4.78, 5) is 1.71. The van der Waals surface area contributed by atoms with E-state index in [-0.39, 0.29) is 0 Å². The topological polar surface area (TPSA) is 38.0 Å². The molecule has 5 heteroatoms. The molecule has 0 unspecified atom stereocenters. The number of anilines is 1. The fraction of sp³-hybridized carbons (Fsp3) is 0.154. The number of benzene rings is 1. The Balaban J connectivity index is 1.85. The third kappa shape index (κ3) is 3.70. The van der Waals surface area contributed by atoms with Crippen molar-refractivity contribution >= 4 is 45.8 Å². The molecule has 1 aromatic carbocycles. The van der Waals surface area contributed by atoms with Crippen LogP contribution < -0.4 is 11.1 Å². The standard InChI is InChI=1S/C13H13ClN2S2/c14-12-6-5-11(18-12)7-8-16-10-3-1-9(2-4-10)13(15)17/h1-6,16H,7-8H2,(H2,15,17). The largest absolute Gasteiger partial charge is 0.389 e. The monoisotopic (exact) mass is 296 g/mol. The molecule has 1 heterocycles. The van der Waals surface area contributed by atoms with Gasteiger partial charge in [0.05, 0.1) is 4.34 Å². The van der Waals surface area contributed by atoms with Gasteiger partial charge in [0.2, 0.25) is 0 Å². The molecule has 0 aliphatic carbocycles. The van der Waals surface area contributed by atoms with Crippen LogP contribution in [0.25, 0.3) is 0 Å². The second kappa shape index (κ2) is 6.18. The van der Waals surface area contributed by atoms with Gasteiger partial charge >= 0.3 is 0 Å². The van der Waals surface area contributed by atoms with Crippen molar-refractivity contribution in [3.63, 3.8) is 0 Å². The predicted octanol–water partition coefficient (Wildman–Crippen LogP) is 3.69. The number of nitrogens with two attached hydrogens (primary N) is 1. The van der Waals surface area contributed by atoms with Crippen molar-refractivity contribution in [3.05, 3.63) is 51.2 Å². The molecular weight excluding hydrogens is 284 g/mol. The van der Waals surface area contributed by atoms with E-state index in [1.165, 1.54) is 4.88 Å². The molecule has 2 rings (SSSR count). The van der Waals surface area contributed by atoms with E-state index in [0.717, 1.165) is 28.6 Å². The maximum absolute atomic E-state index is 5.88.